The second-order valence-corrected chi connectivity index (χ2v) is 10.1. The Morgan fingerprint density at radius 1 is 0.923 bits per heavy atom. The van der Waals surface area contributed by atoms with Crippen LogP contribution in [0.5, 0.6) is 0 Å². The van der Waals surface area contributed by atoms with Crippen molar-refractivity contribution in [2.24, 2.45) is 10.8 Å². The Hall–Kier alpha value is -1.77. The molecular formula is C23H36N2O. The Kier molecular flexibility index (Phi) is 6.21. The van der Waals surface area contributed by atoms with Crippen molar-refractivity contribution >= 4 is 5.91 Å². The number of carbonyl (C=O) groups is 1. The van der Waals surface area contributed by atoms with Crippen molar-refractivity contribution in [2.45, 2.75) is 79.3 Å². The fraction of sp³-hybridized carbons (Fsp3) is 0.609. The van der Waals surface area contributed by atoms with E-state index >= 15 is 0 Å². The van der Waals surface area contributed by atoms with Crippen LogP contribution in [0.4, 0.5) is 0 Å². The molecule has 2 unspecified atom stereocenters. The largest absolute Gasteiger partial charge is 0.382 e. The summed E-state index contributed by atoms with van der Waals surface area (Å²) in [7, 11) is 0. The van der Waals surface area contributed by atoms with Gasteiger partial charge < -0.3 is 10.6 Å². The lowest BCUT2D eigenvalue weighted by Gasteiger charge is -2.34. The number of nitrogens with one attached hydrogen (secondary N) is 2. The van der Waals surface area contributed by atoms with Gasteiger partial charge in [0.15, 0.2) is 0 Å². The van der Waals surface area contributed by atoms with Gasteiger partial charge in [0.05, 0.1) is 12.1 Å². The summed E-state index contributed by atoms with van der Waals surface area (Å²) in [6.07, 6.45) is 3.46. The topological polar surface area (TPSA) is 41.1 Å². The molecule has 0 saturated heterocycles. The van der Waals surface area contributed by atoms with Crippen LogP contribution in [0, 0.1) is 10.8 Å². The minimum absolute atomic E-state index is 0.00700. The zero-order valence-corrected chi connectivity index (χ0v) is 17.4. The molecule has 144 valence electrons. The van der Waals surface area contributed by atoms with Gasteiger partial charge in [0, 0.05) is 12.1 Å². The maximum atomic E-state index is 12.4. The van der Waals surface area contributed by atoms with Gasteiger partial charge in [-0.3, -0.25) is 4.79 Å². The van der Waals surface area contributed by atoms with Gasteiger partial charge in [-0.1, -0.05) is 72.4 Å². The summed E-state index contributed by atoms with van der Waals surface area (Å²) in [6.45, 7) is 17.2. The van der Waals surface area contributed by atoms with Crippen molar-refractivity contribution in [2.75, 3.05) is 0 Å². The van der Waals surface area contributed by atoms with E-state index < -0.39 is 0 Å². The van der Waals surface area contributed by atoms with Gasteiger partial charge in [-0.2, -0.15) is 0 Å². The van der Waals surface area contributed by atoms with Crippen LogP contribution in [0.15, 0.2) is 36.5 Å². The highest BCUT2D eigenvalue weighted by atomic mass is 16.1. The highest BCUT2D eigenvalue weighted by Gasteiger charge is 2.29. The molecule has 1 aromatic carbocycles. The third-order valence-corrected chi connectivity index (χ3v) is 4.64. The maximum Gasteiger partial charge on any atom is 0.221 e. The number of rotatable bonds is 5. The standard InChI is InChI=1S/C23H36N2O/c1-16(14-22(2,3)4)24-19-12-13-20(18-11-9-8-10-17(18)19)25-21(26)15-23(5,6)7/h8-11,19-20,24H,1,12-15H2,2-7H3,(H,25,26). The SMILES string of the molecule is C=C(CC(C)(C)C)NC1CCC(NC(=O)CC(C)(C)C)c2ccccc21. The van der Waals surface area contributed by atoms with E-state index in [1.54, 1.807) is 0 Å². The van der Waals surface area contributed by atoms with Crippen molar-refractivity contribution in [1.29, 1.82) is 0 Å². The monoisotopic (exact) mass is 356 g/mol. The van der Waals surface area contributed by atoms with E-state index in [2.05, 4.69) is 83.0 Å². The van der Waals surface area contributed by atoms with Crippen LogP contribution in [0.25, 0.3) is 0 Å². The fourth-order valence-electron chi connectivity index (χ4n) is 3.75. The van der Waals surface area contributed by atoms with E-state index in [1.807, 2.05) is 0 Å². The number of benzene rings is 1. The van der Waals surface area contributed by atoms with Crippen LogP contribution in [0.3, 0.4) is 0 Å². The van der Waals surface area contributed by atoms with Gasteiger partial charge in [-0.25, -0.2) is 0 Å². The number of carbonyl (C=O) groups excluding carboxylic acids is 1. The first-order chi connectivity index (χ1) is 11.9. The highest BCUT2D eigenvalue weighted by Crippen LogP contribution is 2.37. The molecule has 0 aliphatic heterocycles. The Morgan fingerprint density at radius 3 is 1.85 bits per heavy atom. The van der Waals surface area contributed by atoms with E-state index in [1.165, 1.54) is 11.1 Å². The van der Waals surface area contributed by atoms with Gasteiger partial charge in [0.25, 0.3) is 0 Å². The maximum absolute atomic E-state index is 12.4. The number of hydrogen-bond donors (Lipinski definition) is 2. The van der Waals surface area contributed by atoms with Crippen LogP contribution < -0.4 is 10.6 Å². The van der Waals surface area contributed by atoms with Gasteiger partial charge in [0.1, 0.15) is 0 Å². The number of fused-ring (bicyclic) bond motifs is 1. The molecule has 3 nitrogen and oxygen atoms in total. The Bertz CT molecular complexity index is 592. The van der Waals surface area contributed by atoms with Crippen LogP contribution in [-0.2, 0) is 4.79 Å². The van der Waals surface area contributed by atoms with Gasteiger partial charge >= 0.3 is 0 Å². The first-order valence-electron chi connectivity index (χ1n) is 9.77. The number of allylic oxidation sites excluding steroid dienone is 1. The zero-order chi connectivity index (χ0) is 19.5. The van der Waals surface area contributed by atoms with Crippen LogP contribution in [0.1, 0.15) is 90.4 Å². The molecule has 0 spiro atoms. The molecule has 2 N–H and O–H groups in total. The Balaban J connectivity index is 2.10. The van der Waals surface area contributed by atoms with E-state index in [-0.39, 0.29) is 28.8 Å². The molecule has 0 saturated carbocycles. The van der Waals surface area contributed by atoms with Gasteiger partial charge in [-0.15, -0.1) is 0 Å². The predicted molar refractivity (Wildman–Crippen MR) is 110 cm³/mol. The van der Waals surface area contributed by atoms with E-state index in [0.29, 0.717) is 6.42 Å². The first kappa shape index (κ1) is 20.5. The molecule has 1 aromatic rings. The van der Waals surface area contributed by atoms with Crippen molar-refractivity contribution in [3.63, 3.8) is 0 Å². The fourth-order valence-corrected chi connectivity index (χ4v) is 3.75. The van der Waals surface area contributed by atoms with Crippen LogP contribution >= 0.6 is 0 Å². The van der Waals surface area contributed by atoms with Gasteiger partial charge in [-0.05, 0) is 41.2 Å². The molecule has 1 amide bonds. The van der Waals surface area contributed by atoms with E-state index in [4.69, 9.17) is 0 Å². The molecular weight excluding hydrogens is 320 g/mol. The summed E-state index contributed by atoms with van der Waals surface area (Å²) < 4.78 is 0. The number of hydrogen-bond acceptors (Lipinski definition) is 2. The molecule has 0 heterocycles. The minimum atomic E-state index is 0.00700. The summed E-state index contributed by atoms with van der Waals surface area (Å²) in [5.74, 6) is 0.140. The summed E-state index contributed by atoms with van der Waals surface area (Å²) in [5, 5.41) is 6.89. The second-order valence-electron chi connectivity index (χ2n) is 10.1. The van der Waals surface area contributed by atoms with Gasteiger partial charge in [0.2, 0.25) is 5.91 Å². The molecule has 2 rings (SSSR count). The normalized spacial score (nSPS) is 20.2. The molecule has 1 aliphatic carbocycles. The molecule has 0 aromatic heterocycles. The lowest BCUT2D eigenvalue weighted by molar-refractivity contribution is -0.123. The molecule has 1 aliphatic rings. The predicted octanol–water partition coefficient (Wildman–Crippen LogP) is 5.65. The number of amides is 1. The Labute approximate surface area is 159 Å². The minimum Gasteiger partial charge on any atom is -0.382 e. The second kappa shape index (κ2) is 7.85. The highest BCUT2D eigenvalue weighted by molar-refractivity contribution is 5.77. The quantitative estimate of drug-likeness (QED) is 0.715. The van der Waals surface area contributed by atoms with E-state index in [0.717, 1.165) is 25.0 Å². The molecule has 0 fully saturated rings. The molecule has 2 atom stereocenters. The summed E-state index contributed by atoms with van der Waals surface area (Å²) in [4.78, 5) is 12.4. The molecule has 0 radical (unpaired) electrons. The smallest absolute Gasteiger partial charge is 0.221 e. The molecule has 26 heavy (non-hydrogen) atoms. The van der Waals surface area contributed by atoms with Crippen LogP contribution in [0.2, 0.25) is 0 Å². The molecule has 3 heteroatoms. The summed E-state index contributed by atoms with van der Waals surface area (Å²) in [5.41, 5.74) is 3.85. The lowest BCUT2D eigenvalue weighted by atomic mass is 9.83. The summed E-state index contributed by atoms with van der Waals surface area (Å²) >= 11 is 0. The zero-order valence-electron chi connectivity index (χ0n) is 17.4. The molecule has 0 bridgehead atoms. The van der Waals surface area contributed by atoms with Crippen molar-refractivity contribution in [3.05, 3.63) is 47.7 Å². The first-order valence-corrected chi connectivity index (χ1v) is 9.77. The Morgan fingerprint density at radius 2 is 1.38 bits per heavy atom. The average molecular weight is 357 g/mol. The van der Waals surface area contributed by atoms with Crippen molar-refractivity contribution in [1.82, 2.24) is 10.6 Å². The van der Waals surface area contributed by atoms with E-state index in [9.17, 15) is 4.79 Å². The third kappa shape index (κ3) is 6.19. The van der Waals surface area contributed by atoms with Crippen molar-refractivity contribution in [3.8, 4) is 0 Å². The average Bonchev–Trinajstić information content (AvgIpc) is 2.46. The lowest BCUT2D eigenvalue weighted by Crippen LogP contribution is -2.36. The van der Waals surface area contributed by atoms with Crippen LogP contribution in [-0.4, -0.2) is 5.91 Å². The third-order valence-electron chi connectivity index (χ3n) is 4.64. The summed E-state index contributed by atoms with van der Waals surface area (Å²) in [6, 6.07) is 8.86. The van der Waals surface area contributed by atoms with Crippen molar-refractivity contribution < 1.29 is 4.79 Å².